The van der Waals surface area contributed by atoms with Gasteiger partial charge < -0.3 is 4.74 Å². The average Bonchev–Trinajstić information content (AvgIpc) is 2.33. The van der Waals surface area contributed by atoms with Gasteiger partial charge in [0, 0.05) is 6.54 Å². The van der Waals surface area contributed by atoms with Gasteiger partial charge in [-0.2, -0.15) is 0 Å². The van der Waals surface area contributed by atoms with Crippen LogP contribution < -0.4 is 4.74 Å². The van der Waals surface area contributed by atoms with Crippen molar-refractivity contribution in [3.8, 4) is 5.88 Å². The molecule has 4 heteroatoms. The molecule has 0 radical (unpaired) electrons. The Labute approximate surface area is 78.9 Å². The van der Waals surface area contributed by atoms with E-state index in [2.05, 4.69) is 31.1 Å². The lowest BCUT2D eigenvalue weighted by Gasteiger charge is -2.16. The first-order valence-corrected chi connectivity index (χ1v) is 4.54. The Balaban J connectivity index is 2.59. The van der Waals surface area contributed by atoms with Crippen LogP contribution in [0.2, 0.25) is 0 Å². The number of hydrogen-bond acceptors (Lipinski definition) is 3. The first kappa shape index (κ1) is 10.0. The largest absolute Gasteiger partial charge is 0.476 e. The molecule has 0 saturated carbocycles. The third-order valence-corrected chi connectivity index (χ3v) is 1.45. The van der Waals surface area contributed by atoms with Gasteiger partial charge in [-0.15, -0.1) is 0 Å². The fraction of sp³-hybridized carbons (Fsp3) is 0.778. The summed E-state index contributed by atoms with van der Waals surface area (Å²) in [5.74, 6) is 0.603. The van der Waals surface area contributed by atoms with Crippen LogP contribution in [0, 0.1) is 5.41 Å². The molecule has 0 unspecified atom stereocenters. The van der Waals surface area contributed by atoms with E-state index < -0.39 is 0 Å². The Hall–Kier alpha value is -1.06. The van der Waals surface area contributed by atoms with Crippen molar-refractivity contribution < 1.29 is 4.74 Å². The van der Waals surface area contributed by atoms with Crippen molar-refractivity contribution in [1.82, 2.24) is 15.0 Å². The summed E-state index contributed by atoms with van der Waals surface area (Å²) < 4.78 is 7.02. The Bertz CT molecular complexity index is 262. The minimum atomic E-state index is 0.219. The van der Waals surface area contributed by atoms with Crippen LogP contribution in [0.1, 0.15) is 27.7 Å². The summed E-state index contributed by atoms with van der Waals surface area (Å²) in [5.41, 5.74) is 0.219. The van der Waals surface area contributed by atoms with Crippen molar-refractivity contribution in [2.24, 2.45) is 5.41 Å². The standard InChI is InChI=1S/C9H17N3O/c1-5-13-8-6-12(11-10-8)7-9(2,3)4/h6H,5,7H2,1-4H3. The van der Waals surface area contributed by atoms with E-state index in [1.165, 1.54) is 0 Å². The summed E-state index contributed by atoms with van der Waals surface area (Å²) in [6, 6.07) is 0. The summed E-state index contributed by atoms with van der Waals surface area (Å²) in [7, 11) is 0. The molecule has 0 aliphatic carbocycles. The Morgan fingerprint density at radius 3 is 2.69 bits per heavy atom. The monoisotopic (exact) mass is 183 g/mol. The molecule has 0 amide bonds. The Morgan fingerprint density at radius 1 is 1.46 bits per heavy atom. The van der Waals surface area contributed by atoms with E-state index in [9.17, 15) is 0 Å². The number of nitrogens with zero attached hydrogens (tertiary/aromatic N) is 3. The zero-order chi connectivity index (χ0) is 9.90. The predicted molar refractivity (Wildman–Crippen MR) is 50.6 cm³/mol. The van der Waals surface area contributed by atoms with E-state index in [0.717, 1.165) is 6.54 Å². The average molecular weight is 183 g/mol. The molecular formula is C9H17N3O. The highest BCUT2D eigenvalue weighted by atomic mass is 16.5. The van der Waals surface area contributed by atoms with Crippen LogP contribution in [0.25, 0.3) is 0 Å². The van der Waals surface area contributed by atoms with E-state index in [4.69, 9.17) is 4.74 Å². The quantitative estimate of drug-likeness (QED) is 0.716. The molecular weight excluding hydrogens is 166 g/mol. The van der Waals surface area contributed by atoms with Gasteiger partial charge in [0.05, 0.1) is 12.8 Å². The van der Waals surface area contributed by atoms with Crippen molar-refractivity contribution in [3.63, 3.8) is 0 Å². The molecule has 0 aromatic carbocycles. The first-order valence-electron chi connectivity index (χ1n) is 4.54. The Morgan fingerprint density at radius 2 is 2.15 bits per heavy atom. The number of aromatic nitrogens is 3. The van der Waals surface area contributed by atoms with Crippen molar-refractivity contribution >= 4 is 0 Å². The van der Waals surface area contributed by atoms with Crippen molar-refractivity contribution in [1.29, 1.82) is 0 Å². The maximum absolute atomic E-state index is 5.21. The normalized spacial score (nSPS) is 11.7. The molecule has 0 aliphatic rings. The lowest BCUT2D eigenvalue weighted by molar-refractivity contribution is 0.320. The van der Waals surface area contributed by atoms with Gasteiger partial charge in [0.2, 0.25) is 0 Å². The molecule has 0 atom stereocenters. The number of rotatable bonds is 3. The smallest absolute Gasteiger partial charge is 0.253 e. The maximum atomic E-state index is 5.21. The third kappa shape index (κ3) is 3.44. The van der Waals surface area contributed by atoms with Gasteiger partial charge in [0.25, 0.3) is 5.88 Å². The van der Waals surface area contributed by atoms with Gasteiger partial charge in [0.1, 0.15) is 0 Å². The second-order valence-electron chi connectivity index (χ2n) is 4.25. The minimum absolute atomic E-state index is 0.219. The van der Waals surface area contributed by atoms with Gasteiger partial charge in [-0.1, -0.05) is 31.1 Å². The molecule has 0 fully saturated rings. The van der Waals surface area contributed by atoms with E-state index in [-0.39, 0.29) is 5.41 Å². The first-order chi connectivity index (χ1) is 6.01. The highest BCUT2D eigenvalue weighted by Gasteiger charge is 2.12. The fourth-order valence-corrected chi connectivity index (χ4v) is 1.06. The highest BCUT2D eigenvalue weighted by Crippen LogP contribution is 2.16. The van der Waals surface area contributed by atoms with Gasteiger partial charge in [-0.3, -0.25) is 0 Å². The lowest BCUT2D eigenvalue weighted by atomic mass is 9.97. The van der Waals surface area contributed by atoms with Crippen LogP contribution in [0.4, 0.5) is 0 Å². The van der Waals surface area contributed by atoms with Gasteiger partial charge in [-0.25, -0.2) is 4.68 Å². The summed E-state index contributed by atoms with van der Waals surface area (Å²) >= 11 is 0. The summed E-state index contributed by atoms with van der Waals surface area (Å²) in [6.07, 6.45) is 1.83. The van der Waals surface area contributed by atoms with Crippen LogP contribution in [0.15, 0.2) is 6.20 Å². The fourth-order valence-electron chi connectivity index (χ4n) is 1.06. The molecule has 1 aromatic rings. The molecule has 0 spiro atoms. The molecule has 0 bridgehead atoms. The van der Waals surface area contributed by atoms with E-state index >= 15 is 0 Å². The SMILES string of the molecule is CCOc1cn(CC(C)(C)C)nn1. The molecule has 0 saturated heterocycles. The van der Waals surface area contributed by atoms with Crippen LogP contribution in [-0.2, 0) is 6.54 Å². The maximum Gasteiger partial charge on any atom is 0.253 e. The van der Waals surface area contributed by atoms with Gasteiger partial charge in [-0.05, 0) is 12.3 Å². The second kappa shape index (κ2) is 3.77. The molecule has 0 N–H and O–H groups in total. The van der Waals surface area contributed by atoms with Crippen molar-refractivity contribution in [2.75, 3.05) is 6.61 Å². The topological polar surface area (TPSA) is 39.9 Å². The molecule has 74 valence electrons. The van der Waals surface area contributed by atoms with Crippen LogP contribution in [-0.4, -0.2) is 21.6 Å². The van der Waals surface area contributed by atoms with Crippen molar-refractivity contribution in [2.45, 2.75) is 34.2 Å². The minimum Gasteiger partial charge on any atom is -0.476 e. The lowest BCUT2D eigenvalue weighted by Crippen LogP contribution is -2.15. The predicted octanol–water partition coefficient (Wildman–Crippen LogP) is 1.72. The number of hydrogen-bond donors (Lipinski definition) is 0. The summed E-state index contributed by atoms with van der Waals surface area (Å²) in [5, 5.41) is 7.84. The van der Waals surface area contributed by atoms with E-state index in [1.54, 1.807) is 0 Å². The van der Waals surface area contributed by atoms with Gasteiger partial charge >= 0.3 is 0 Å². The number of ether oxygens (including phenoxy) is 1. The third-order valence-electron chi connectivity index (χ3n) is 1.45. The van der Waals surface area contributed by atoms with E-state index in [0.29, 0.717) is 12.5 Å². The zero-order valence-corrected chi connectivity index (χ0v) is 8.74. The zero-order valence-electron chi connectivity index (χ0n) is 8.74. The summed E-state index contributed by atoms with van der Waals surface area (Å²) in [4.78, 5) is 0. The molecule has 13 heavy (non-hydrogen) atoms. The summed E-state index contributed by atoms with van der Waals surface area (Å²) in [6.45, 7) is 9.91. The molecule has 4 nitrogen and oxygen atoms in total. The molecule has 0 aliphatic heterocycles. The molecule has 1 aromatic heterocycles. The van der Waals surface area contributed by atoms with E-state index in [1.807, 2.05) is 17.8 Å². The van der Waals surface area contributed by atoms with Crippen LogP contribution in [0.3, 0.4) is 0 Å². The van der Waals surface area contributed by atoms with Crippen LogP contribution in [0.5, 0.6) is 5.88 Å². The second-order valence-corrected chi connectivity index (χ2v) is 4.25. The molecule has 1 rings (SSSR count). The van der Waals surface area contributed by atoms with Crippen LogP contribution >= 0.6 is 0 Å². The van der Waals surface area contributed by atoms with Crippen molar-refractivity contribution in [3.05, 3.63) is 6.20 Å². The highest BCUT2D eigenvalue weighted by molar-refractivity contribution is 4.99. The molecule has 1 heterocycles. The van der Waals surface area contributed by atoms with Gasteiger partial charge in [0.15, 0.2) is 0 Å². The Kier molecular flexibility index (Phi) is 2.90.